The summed E-state index contributed by atoms with van der Waals surface area (Å²) in [5.41, 5.74) is 5.03. The lowest BCUT2D eigenvalue weighted by Gasteiger charge is -2.06. The van der Waals surface area contributed by atoms with Crippen LogP contribution < -0.4 is 11.1 Å². The first kappa shape index (κ1) is 10.2. The molecular formula is C8H11N3O3. The fourth-order valence-corrected chi connectivity index (χ4v) is 0.966. The predicted molar refractivity (Wildman–Crippen MR) is 47.3 cm³/mol. The highest BCUT2D eigenvalue weighted by atomic mass is 16.3. The van der Waals surface area contributed by atoms with Gasteiger partial charge in [0.25, 0.3) is 5.91 Å². The first-order chi connectivity index (χ1) is 6.50. The molecule has 0 aliphatic heterocycles. The smallest absolute Gasteiger partial charge is 0.270 e. The van der Waals surface area contributed by atoms with Crippen LogP contribution in [0.3, 0.4) is 0 Å². The van der Waals surface area contributed by atoms with Gasteiger partial charge in [0.15, 0.2) is 5.69 Å². The summed E-state index contributed by atoms with van der Waals surface area (Å²) in [5, 5.41) is 2.56. The number of hydrogen-bond acceptors (Lipinski definition) is 4. The summed E-state index contributed by atoms with van der Waals surface area (Å²) in [6, 6.07) is -0.374. The maximum Gasteiger partial charge on any atom is 0.270 e. The number of amides is 2. The second kappa shape index (κ2) is 3.91. The molecule has 76 valence electrons. The Labute approximate surface area is 80.5 Å². The second-order valence-corrected chi connectivity index (χ2v) is 2.86. The molecule has 1 heterocycles. The number of carbonyl (C=O) groups excluding carboxylic acids is 2. The fourth-order valence-electron chi connectivity index (χ4n) is 0.966. The van der Waals surface area contributed by atoms with E-state index in [0.717, 1.165) is 6.26 Å². The molecule has 2 amide bonds. The van der Waals surface area contributed by atoms with E-state index in [1.165, 1.54) is 6.92 Å². The van der Waals surface area contributed by atoms with Crippen LogP contribution in [0.2, 0.25) is 0 Å². The van der Waals surface area contributed by atoms with Crippen molar-refractivity contribution in [2.45, 2.75) is 19.9 Å². The van der Waals surface area contributed by atoms with Gasteiger partial charge in [0.2, 0.25) is 11.8 Å². The summed E-state index contributed by atoms with van der Waals surface area (Å²) in [4.78, 5) is 25.2. The maximum absolute atomic E-state index is 10.7. The summed E-state index contributed by atoms with van der Waals surface area (Å²) >= 11 is 0. The molecule has 1 aromatic heterocycles. The van der Waals surface area contributed by atoms with Gasteiger partial charge in [-0.25, -0.2) is 4.98 Å². The number of carbonyl (C=O) groups is 2. The highest BCUT2D eigenvalue weighted by molar-refractivity contribution is 5.90. The van der Waals surface area contributed by atoms with Crippen molar-refractivity contribution in [3.8, 4) is 0 Å². The van der Waals surface area contributed by atoms with Crippen molar-refractivity contribution >= 4 is 11.8 Å². The fraction of sp³-hybridized carbons (Fsp3) is 0.375. The standard InChI is InChI=1S/C8H11N3O3/c1-4(10-5(2)12)8-11-6(3-14-8)7(9)13/h3-4H,1-2H3,(H2,9,13)(H,10,12). The molecule has 0 aromatic carbocycles. The highest BCUT2D eigenvalue weighted by Crippen LogP contribution is 2.11. The van der Waals surface area contributed by atoms with Crippen molar-refractivity contribution in [2.24, 2.45) is 5.73 Å². The number of hydrogen-bond donors (Lipinski definition) is 2. The van der Waals surface area contributed by atoms with Crippen molar-refractivity contribution in [1.29, 1.82) is 0 Å². The molecule has 0 aliphatic carbocycles. The van der Waals surface area contributed by atoms with Crippen LogP contribution in [0, 0.1) is 0 Å². The summed E-state index contributed by atoms with van der Waals surface area (Å²) in [5.74, 6) is -0.597. The zero-order valence-electron chi connectivity index (χ0n) is 7.90. The molecule has 6 heteroatoms. The van der Waals surface area contributed by atoms with E-state index in [9.17, 15) is 9.59 Å². The molecule has 3 N–H and O–H groups in total. The number of nitrogens with one attached hydrogen (secondary N) is 1. The van der Waals surface area contributed by atoms with Gasteiger partial charge in [-0.3, -0.25) is 9.59 Å². The zero-order valence-corrected chi connectivity index (χ0v) is 7.90. The van der Waals surface area contributed by atoms with Gasteiger partial charge in [-0.2, -0.15) is 0 Å². The number of oxazole rings is 1. The van der Waals surface area contributed by atoms with Gasteiger partial charge in [0.05, 0.1) is 0 Å². The third-order valence-corrected chi connectivity index (χ3v) is 1.56. The van der Waals surface area contributed by atoms with Gasteiger partial charge in [0.1, 0.15) is 12.3 Å². The third kappa shape index (κ3) is 2.32. The molecule has 14 heavy (non-hydrogen) atoms. The molecule has 1 rings (SSSR count). The lowest BCUT2D eigenvalue weighted by molar-refractivity contribution is -0.119. The maximum atomic E-state index is 10.7. The normalized spacial score (nSPS) is 12.1. The number of aromatic nitrogens is 1. The Hall–Kier alpha value is -1.85. The van der Waals surface area contributed by atoms with Gasteiger partial charge < -0.3 is 15.5 Å². The number of nitrogens with zero attached hydrogens (tertiary/aromatic N) is 1. The van der Waals surface area contributed by atoms with Crippen molar-refractivity contribution in [3.05, 3.63) is 17.8 Å². The summed E-state index contributed by atoms with van der Waals surface area (Å²) in [6.07, 6.45) is 1.16. The van der Waals surface area contributed by atoms with Gasteiger partial charge in [-0.05, 0) is 6.92 Å². The van der Waals surface area contributed by atoms with Crippen molar-refractivity contribution < 1.29 is 14.0 Å². The molecular weight excluding hydrogens is 186 g/mol. The van der Waals surface area contributed by atoms with Crippen LogP contribution in [0.25, 0.3) is 0 Å². The van der Waals surface area contributed by atoms with Gasteiger partial charge in [-0.15, -0.1) is 0 Å². The van der Waals surface area contributed by atoms with Crippen molar-refractivity contribution in [3.63, 3.8) is 0 Å². The van der Waals surface area contributed by atoms with Crippen LogP contribution in [0.15, 0.2) is 10.7 Å². The Bertz CT molecular complexity index is 358. The average Bonchev–Trinajstić information content (AvgIpc) is 2.50. The van der Waals surface area contributed by atoms with E-state index < -0.39 is 5.91 Å². The van der Waals surface area contributed by atoms with E-state index in [1.807, 2.05) is 0 Å². The Morgan fingerprint density at radius 1 is 1.64 bits per heavy atom. The van der Waals surface area contributed by atoms with Gasteiger partial charge >= 0.3 is 0 Å². The average molecular weight is 197 g/mol. The van der Waals surface area contributed by atoms with E-state index in [1.54, 1.807) is 6.92 Å². The molecule has 6 nitrogen and oxygen atoms in total. The minimum atomic E-state index is -0.657. The van der Waals surface area contributed by atoms with E-state index in [2.05, 4.69) is 10.3 Å². The molecule has 0 radical (unpaired) electrons. The molecule has 0 bridgehead atoms. The summed E-state index contributed by atoms with van der Waals surface area (Å²) < 4.78 is 4.96. The number of primary amides is 1. The van der Waals surface area contributed by atoms with E-state index in [0.29, 0.717) is 0 Å². The first-order valence-electron chi connectivity index (χ1n) is 4.03. The molecule has 1 atom stereocenters. The largest absolute Gasteiger partial charge is 0.446 e. The minimum absolute atomic E-state index is 0.0530. The first-order valence-corrected chi connectivity index (χ1v) is 4.03. The van der Waals surface area contributed by atoms with Crippen LogP contribution >= 0.6 is 0 Å². The summed E-state index contributed by atoms with van der Waals surface area (Å²) in [7, 11) is 0. The van der Waals surface area contributed by atoms with Crippen LogP contribution in [-0.2, 0) is 4.79 Å². The second-order valence-electron chi connectivity index (χ2n) is 2.86. The number of nitrogens with two attached hydrogens (primary N) is 1. The topological polar surface area (TPSA) is 98.2 Å². The number of rotatable bonds is 3. The Balaban J connectivity index is 2.76. The van der Waals surface area contributed by atoms with Crippen LogP contribution in [0.4, 0.5) is 0 Å². The van der Waals surface area contributed by atoms with Crippen LogP contribution in [0.1, 0.15) is 36.3 Å². The van der Waals surface area contributed by atoms with E-state index in [-0.39, 0.29) is 23.5 Å². The van der Waals surface area contributed by atoms with E-state index in [4.69, 9.17) is 10.2 Å². The Morgan fingerprint density at radius 3 is 2.71 bits per heavy atom. The minimum Gasteiger partial charge on any atom is -0.446 e. The SMILES string of the molecule is CC(=O)NC(C)c1nc(C(N)=O)co1. The third-order valence-electron chi connectivity index (χ3n) is 1.56. The van der Waals surface area contributed by atoms with Gasteiger partial charge in [0, 0.05) is 6.92 Å². The Kier molecular flexibility index (Phi) is 2.85. The summed E-state index contributed by atoms with van der Waals surface area (Å²) in [6.45, 7) is 3.08. The molecule has 0 saturated carbocycles. The van der Waals surface area contributed by atoms with Crippen LogP contribution in [-0.4, -0.2) is 16.8 Å². The molecule has 0 aliphatic rings. The van der Waals surface area contributed by atoms with Crippen LogP contribution in [0.5, 0.6) is 0 Å². The molecule has 1 unspecified atom stereocenters. The molecule has 0 fully saturated rings. The molecule has 0 spiro atoms. The Morgan fingerprint density at radius 2 is 2.29 bits per heavy atom. The quantitative estimate of drug-likeness (QED) is 0.710. The lowest BCUT2D eigenvalue weighted by Crippen LogP contribution is -2.24. The highest BCUT2D eigenvalue weighted by Gasteiger charge is 2.15. The predicted octanol–water partition coefficient (Wildman–Crippen LogP) is -0.0294. The van der Waals surface area contributed by atoms with Crippen molar-refractivity contribution in [1.82, 2.24) is 10.3 Å². The lowest BCUT2D eigenvalue weighted by atomic mass is 10.3. The van der Waals surface area contributed by atoms with Crippen molar-refractivity contribution in [2.75, 3.05) is 0 Å². The van der Waals surface area contributed by atoms with E-state index >= 15 is 0 Å². The molecule has 1 aromatic rings. The van der Waals surface area contributed by atoms with Gasteiger partial charge in [-0.1, -0.05) is 0 Å². The monoisotopic (exact) mass is 197 g/mol. The zero-order chi connectivity index (χ0) is 10.7. The molecule has 0 saturated heterocycles.